The van der Waals surface area contributed by atoms with Gasteiger partial charge in [-0.3, -0.25) is 4.79 Å². The number of alkyl halides is 3. The summed E-state index contributed by atoms with van der Waals surface area (Å²) in [5, 5.41) is 3.12. The Labute approximate surface area is 202 Å². The number of nitrogens with zero attached hydrogens (tertiary/aromatic N) is 3. The van der Waals surface area contributed by atoms with E-state index in [1.807, 2.05) is 41.1 Å². The summed E-state index contributed by atoms with van der Waals surface area (Å²) in [4.78, 5) is 17.6. The van der Waals surface area contributed by atoms with Gasteiger partial charge in [-0.15, -0.1) is 0 Å². The molecule has 5 nitrogen and oxygen atoms in total. The maximum atomic E-state index is 13.7. The highest BCUT2D eigenvalue weighted by Crippen LogP contribution is 2.36. The van der Waals surface area contributed by atoms with Crippen molar-refractivity contribution in [2.45, 2.75) is 46.0 Å². The molecule has 4 rings (SSSR count). The zero-order valence-electron chi connectivity index (χ0n) is 19.8. The first-order chi connectivity index (χ1) is 16.7. The number of rotatable bonds is 7. The molecule has 35 heavy (non-hydrogen) atoms. The van der Waals surface area contributed by atoms with Crippen LogP contribution in [0.4, 0.5) is 13.2 Å². The van der Waals surface area contributed by atoms with Gasteiger partial charge >= 0.3 is 6.18 Å². The fourth-order valence-electron chi connectivity index (χ4n) is 4.55. The van der Waals surface area contributed by atoms with E-state index in [1.54, 1.807) is 39.4 Å². The Bertz CT molecular complexity index is 1310. The minimum Gasteiger partial charge on any atom is -0.347 e. The molecule has 0 aliphatic rings. The molecule has 0 fully saturated rings. The summed E-state index contributed by atoms with van der Waals surface area (Å²) >= 11 is 0. The molecule has 0 aliphatic carbocycles. The highest BCUT2D eigenvalue weighted by atomic mass is 19.4. The molecule has 0 spiro atoms. The number of nitrogens with one attached hydrogen (secondary N) is 1. The fourth-order valence-corrected chi connectivity index (χ4v) is 4.55. The van der Waals surface area contributed by atoms with Crippen LogP contribution in [0.2, 0.25) is 0 Å². The molecular formula is C27H27F3N4O. The van der Waals surface area contributed by atoms with E-state index in [0.29, 0.717) is 35.5 Å². The summed E-state index contributed by atoms with van der Waals surface area (Å²) in [5.74, 6) is -0.313. The van der Waals surface area contributed by atoms with Crippen LogP contribution in [-0.4, -0.2) is 26.1 Å². The second-order valence-electron chi connectivity index (χ2n) is 8.64. The van der Waals surface area contributed by atoms with Crippen LogP contribution in [0, 0.1) is 20.8 Å². The van der Waals surface area contributed by atoms with E-state index in [4.69, 9.17) is 0 Å². The SMILES string of the molecule is Cc1c(C(=O)N[C@@H](Cc2ccccc2)Cn2ccnc2)c(C)n(-c2ccccc2C(F)(F)F)c1C. The molecule has 2 heterocycles. The van der Waals surface area contributed by atoms with E-state index in [2.05, 4.69) is 10.3 Å². The first kappa shape index (κ1) is 24.3. The molecule has 2 aromatic heterocycles. The van der Waals surface area contributed by atoms with Crippen molar-refractivity contribution in [2.75, 3.05) is 0 Å². The van der Waals surface area contributed by atoms with Crippen molar-refractivity contribution in [3.05, 3.63) is 107 Å². The lowest BCUT2D eigenvalue weighted by Crippen LogP contribution is -2.39. The van der Waals surface area contributed by atoms with Gasteiger partial charge in [0.2, 0.25) is 0 Å². The predicted octanol–water partition coefficient (Wildman–Crippen LogP) is 5.66. The van der Waals surface area contributed by atoms with Gasteiger partial charge in [0.1, 0.15) is 0 Å². The Kier molecular flexibility index (Phi) is 6.82. The third-order valence-corrected chi connectivity index (χ3v) is 6.28. The number of carbonyl (C=O) groups is 1. The minimum atomic E-state index is -4.51. The van der Waals surface area contributed by atoms with Gasteiger partial charge in [0.15, 0.2) is 0 Å². The highest BCUT2D eigenvalue weighted by molar-refractivity contribution is 5.97. The topological polar surface area (TPSA) is 51.9 Å². The Morgan fingerprint density at radius 2 is 1.69 bits per heavy atom. The number of hydrogen-bond acceptors (Lipinski definition) is 2. The molecule has 1 N–H and O–H groups in total. The van der Waals surface area contributed by atoms with Gasteiger partial charge in [-0.25, -0.2) is 4.98 Å². The van der Waals surface area contributed by atoms with Crippen LogP contribution in [0.25, 0.3) is 5.69 Å². The summed E-state index contributed by atoms with van der Waals surface area (Å²) in [6.45, 7) is 5.70. The van der Waals surface area contributed by atoms with E-state index < -0.39 is 11.7 Å². The van der Waals surface area contributed by atoms with Crippen LogP contribution < -0.4 is 5.32 Å². The Morgan fingerprint density at radius 3 is 2.34 bits per heavy atom. The van der Waals surface area contributed by atoms with Crippen LogP contribution in [0.15, 0.2) is 73.3 Å². The lowest BCUT2D eigenvalue weighted by molar-refractivity contribution is -0.137. The van der Waals surface area contributed by atoms with E-state index in [1.165, 1.54) is 16.7 Å². The predicted molar refractivity (Wildman–Crippen MR) is 129 cm³/mol. The number of halogens is 3. The third kappa shape index (κ3) is 5.16. The Hall–Kier alpha value is -3.81. The Balaban J connectivity index is 1.69. The number of amides is 1. The monoisotopic (exact) mass is 480 g/mol. The summed E-state index contributed by atoms with van der Waals surface area (Å²) in [7, 11) is 0. The van der Waals surface area contributed by atoms with E-state index in [9.17, 15) is 18.0 Å². The molecule has 8 heteroatoms. The van der Waals surface area contributed by atoms with Gasteiger partial charge in [-0.05, 0) is 50.5 Å². The number of benzene rings is 2. The molecular weight excluding hydrogens is 453 g/mol. The molecule has 0 bridgehead atoms. The number of hydrogen-bond donors (Lipinski definition) is 1. The van der Waals surface area contributed by atoms with Crippen LogP contribution in [0.5, 0.6) is 0 Å². The summed E-state index contributed by atoms with van der Waals surface area (Å²) in [5.41, 5.74) is 2.45. The second kappa shape index (κ2) is 9.82. The summed E-state index contributed by atoms with van der Waals surface area (Å²) in [6.07, 6.45) is 1.28. The van der Waals surface area contributed by atoms with Gasteiger partial charge in [0.05, 0.1) is 29.2 Å². The molecule has 1 atom stereocenters. The smallest absolute Gasteiger partial charge is 0.347 e. The molecule has 0 saturated carbocycles. The minimum absolute atomic E-state index is 0.0106. The third-order valence-electron chi connectivity index (χ3n) is 6.28. The lowest BCUT2D eigenvalue weighted by atomic mass is 10.0. The molecule has 0 radical (unpaired) electrons. The number of imidazole rings is 1. The van der Waals surface area contributed by atoms with Gasteiger partial charge in [0, 0.05) is 30.3 Å². The number of carbonyl (C=O) groups excluding carboxylic acids is 1. The van der Waals surface area contributed by atoms with Crippen molar-refractivity contribution < 1.29 is 18.0 Å². The van der Waals surface area contributed by atoms with Crippen molar-refractivity contribution in [1.29, 1.82) is 0 Å². The maximum absolute atomic E-state index is 13.7. The van der Waals surface area contributed by atoms with Crippen LogP contribution in [-0.2, 0) is 19.1 Å². The van der Waals surface area contributed by atoms with Gasteiger partial charge in [0.25, 0.3) is 5.91 Å². The normalized spacial score (nSPS) is 12.5. The standard InChI is InChI=1S/C27H27F3N4O/c1-18-19(2)34(24-12-8-7-11-23(24)27(28,29)30)20(3)25(18)26(35)32-22(16-33-14-13-31-17-33)15-21-9-5-4-6-10-21/h4-14,17,22H,15-16H2,1-3H3,(H,32,35)/t22-/m0/s1. The molecule has 0 saturated heterocycles. The first-order valence-corrected chi connectivity index (χ1v) is 11.3. The average Bonchev–Trinajstić information content (AvgIpc) is 3.39. The molecule has 1 amide bonds. The van der Waals surface area contributed by atoms with Gasteiger partial charge in [-0.2, -0.15) is 13.2 Å². The molecule has 4 aromatic rings. The van der Waals surface area contributed by atoms with Crippen LogP contribution in [0.3, 0.4) is 0 Å². The average molecular weight is 481 g/mol. The van der Waals surface area contributed by atoms with Crippen molar-refractivity contribution in [2.24, 2.45) is 0 Å². The van der Waals surface area contributed by atoms with E-state index in [0.717, 1.165) is 11.6 Å². The second-order valence-corrected chi connectivity index (χ2v) is 8.64. The van der Waals surface area contributed by atoms with Crippen LogP contribution in [0.1, 0.15) is 38.4 Å². The highest BCUT2D eigenvalue weighted by Gasteiger charge is 2.35. The zero-order valence-corrected chi connectivity index (χ0v) is 19.8. The molecule has 0 aliphatic heterocycles. The van der Waals surface area contributed by atoms with Crippen molar-refractivity contribution in [1.82, 2.24) is 19.4 Å². The van der Waals surface area contributed by atoms with Gasteiger partial charge < -0.3 is 14.5 Å². The zero-order chi connectivity index (χ0) is 25.2. The van der Waals surface area contributed by atoms with Gasteiger partial charge in [-0.1, -0.05) is 42.5 Å². The van der Waals surface area contributed by atoms with Crippen LogP contribution >= 0.6 is 0 Å². The van der Waals surface area contributed by atoms with E-state index in [-0.39, 0.29) is 17.6 Å². The fraction of sp³-hybridized carbons (Fsp3) is 0.259. The molecule has 182 valence electrons. The largest absolute Gasteiger partial charge is 0.418 e. The quantitative estimate of drug-likeness (QED) is 0.371. The number of aromatic nitrogens is 3. The molecule has 0 unspecified atom stereocenters. The first-order valence-electron chi connectivity index (χ1n) is 11.3. The Morgan fingerprint density at radius 1 is 1.00 bits per heavy atom. The number of para-hydroxylation sites is 1. The van der Waals surface area contributed by atoms with Crippen molar-refractivity contribution in [3.63, 3.8) is 0 Å². The lowest BCUT2D eigenvalue weighted by Gasteiger charge is -2.20. The van der Waals surface area contributed by atoms with Crippen molar-refractivity contribution >= 4 is 5.91 Å². The van der Waals surface area contributed by atoms with E-state index >= 15 is 0 Å². The maximum Gasteiger partial charge on any atom is 0.418 e. The van der Waals surface area contributed by atoms with Crippen molar-refractivity contribution in [3.8, 4) is 5.69 Å². The summed E-state index contributed by atoms with van der Waals surface area (Å²) < 4.78 is 44.6. The summed E-state index contributed by atoms with van der Waals surface area (Å²) in [6, 6.07) is 15.0. The molecule has 2 aromatic carbocycles.